The Morgan fingerprint density at radius 2 is 2.06 bits per heavy atom. The lowest BCUT2D eigenvalue weighted by Crippen LogP contribution is -2.37. The Hall–Kier alpha value is -0.520. The van der Waals surface area contributed by atoms with Crippen molar-refractivity contribution in [3.63, 3.8) is 0 Å². The number of benzene rings is 1. The SMILES string of the molecule is NNC(c1c(F)ccc(Br)c1F)C1CCC1. The summed E-state index contributed by atoms with van der Waals surface area (Å²) in [4.78, 5) is 0. The Balaban J connectivity index is 2.39. The zero-order chi connectivity index (χ0) is 11.7. The molecule has 1 aliphatic carbocycles. The third kappa shape index (κ3) is 1.99. The highest BCUT2D eigenvalue weighted by Crippen LogP contribution is 2.39. The Labute approximate surface area is 101 Å². The van der Waals surface area contributed by atoms with Crippen molar-refractivity contribution in [2.24, 2.45) is 11.8 Å². The van der Waals surface area contributed by atoms with Gasteiger partial charge in [-0.2, -0.15) is 0 Å². The zero-order valence-corrected chi connectivity index (χ0v) is 10.2. The maximum Gasteiger partial charge on any atom is 0.145 e. The predicted molar refractivity (Wildman–Crippen MR) is 61.5 cm³/mol. The zero-order valence-electron chi connectivity index (χ0n) is 8.64. The van der Waals surface area contributed by atoms with E-state index in [0.29, 0.717) is 0 Å². The Kier molecular flexibility index (Phi) is 3.56. The number of rotatable bonds is 3. The Morgan fingerprint density at radius 1 is 1.38 bits per heavy atom. The van der Waals surface area contributed by atoms with Crippen molar-refractivity contribution in [3.05, 3.63) is 33.8 Å². The van der Waals surface area contributed by atoms with Crippen LogP contribution in [0.3, 0.4) is 0 Å². The van der Waals surface area contributed by atoms with Crippen LogP contribution in [-0.2, 0) is 0 Å². The van der Waals surface area contributed by atoms with Crippen LogP contribution in [0.15, 0.2) is 16.6 Å². The summed E-state index contributed by atoms with van der Waals surface area (Å²) < 4.78 is 27.7. The molecule has 0 heterocycles. The molecule has 0 aliphatic heterocycles. The summed E-state index contributed by atoms with van der Waals surface area (Å²) in [7, 11) is 0. The first-order valence-corrected chi connectivity index (χ1v) is 6.04. The fourth-order valence-electron chi connectivity index (χ4n) is 2.06. The molecule has 2 nitrogen and oxygen atoms in total. The molecular formula is C11H13BrF2N2. The summed E-state index contributed by atoms with van der Waals surface area (Å²) >= 11 is 3.06. The Bertz CT molecular complexity index is 394. The van der Waals surface area contributed by atoms with Crippen molar-refractivity contribution < 1.29 is 8.78 Å². The molecule has 88 valence electrons. The second kappa shape index (κ2) is 4.77. The minimum absolute atomic E-state index is 0.0431. The highest BCUT2D eigenvalue weighted by Gasteiger charge is 2.32. The lowest BCUT2D eigenvalue weighted by atomic mass is 9.77. The second-order valence-electron chi connectivity index (χ2n) is 4.09. The Morgan fingerprint density at radius 3 is 2.56 bits per heavy atom. The van der Waals surface area contributed by atoms with Gasteiger partial charge >= 0.3 is 0 Å². The normalized spacial score (nSPS) is 18.2. The third-order valence-electron chi connectivity index (χ3n) is 3.19. The molecule has 1 aliphatic rings. The van der Waals surface area contributed by atoms with E-state index in [9.17, 15) is 8.78 Å². The van der Waals surface area contributed by atoms with Gasteiger partial charge in [-0.15, -0.1) is 0 Å². The van der Waals surface area contributed by atoms with E-state index in [1.807, 2.05) is 0 Å². The van der Waals surface area contributed by atoms with Crippen LogP contribution in [0.1, 0.15) is 30.9 Å². The van der Waals surface area contributed by atoms with Gasteiger partial charge in [-0.3, -0.25) is 11.3 Å². The summed E-state index contributed by atoms with van der Waals surface area (Å²) in [5.41, 5.74) is 2.57. The molecule has 1 saturated carbocycles. The quantitative estimate of drug-likeness (QED) is 0.510. The van der Waals surface area contributed by atoms with Gasteiger partial charge in [0.05, 0.1) is 10.5 Å². The lowest BCUT2D eigenvalue weighted by molar-refractivity contribution is 0.223. The molecule has 0 saturated heterocycles. The molecule has 1 atom stereocenters. The first-order valence-electron chi connectivity index (χ1n) is 5.24. The average Bonchev–Trinajstić information content (AvgIpc) is 2.20. The van der Waals surface area contributed by atoms with E-state index >= 15 is 0 Å². The molecule has 0 radical (unpaired) electrons. The van der Waals surface area contributed by atoms with Crippen molar-refractivity contribution in [2.75, 3.05) is 0 Å². The molecule has 0 aromatic heterocycles. The van der Waals surface area contributed by atoms with Crippen LogP contribution >= 0.6 is 15.9 Å². The summed E-state index contributed by atoms with van der Waals surface area (Å²) in [6, 6.07) is 2.18. The summed E-state index contributed by atoms with van der Waals surface area (Å²) in [5, 5.41) is 0. The van der Waals surface area contributed by atoms with Crippen molar-refractivity contribution in [3.8, 4) is 0 Å². The minimum atomic E-state index is -0.560. The lowest BCUT2D eigenvalue weighted by Gasteiger charge is -2.33. The second-order valence-corrected chi connectivity index (χ2v) is 4.95. The largest absolute Gasteiger partial charge is 0.271 e. The van der Waals surface area contributed by atoms with Crippen LogP contribution in [0, 0.1) is 17.6 Å². The van der Waals surface area contributed by atoms with Gasteiger partial charge in [0.25, 0.3) is 0 Å². The third-order valence-corrected chi connectivity index (χ3v) is 3.80. The van der Waals surface area contributed by atoms with Gasteiger partial charge in [0, 0.05) is 5.56 Å². The molecule has 1 fully saturated rings. The molecular weight excluding hydrogens is 278 g/mol. The first kappa shape index (κ1) is 12.0. The van der Waals surface area contributed by atoms with Crippen molar-refractivity contribution in [2.45, 2.75) is 25.3 Å². The molecule has 2 rings (SSSR count). The van der Waals surface area contributed by atoms with E-state index in [4.69, 9.17) is 5.84 Å². The first-order chi connectivity index (χ1) is 7.65. The number of nitrogens with one attached hydrogen (secondary N) is 1. The van der Waals surface area contributed by atoms with Gasteiger partial charge in [0.15, 0.2) is 0 Å². The van der Waals surface area contributed by atoms with Gasteiger partial charge in [-0.05, 0) is 46.8 Å². The van der Waals surface area contributed by atoms with Gasteiger partial charge in [-0.25, -0.2) is 8.78 Å². The highest BCUT2D eigenvalue weighted by atomic mass is 79.9. The van der Waals surface area contributed by atoms with Crippen LogP contribution in [0.2, 0.25) is 0 Å². The van der Waals surface area contributed by atoms with Gasteiger partial charge in [0.2, 0.25) is 0 Å². The maximum absolute atomic E-state index is 13.8. The van der Waals surface area contributed by atoms with E-state index in [-0.39, 0.29) is 16.0 Å². The monoisotopic (exact) mass is 290 g/mol. The standard InChI is InChI=1S/C11H13BrF2N2/c12-7-4-5-8(13)9(10(7)14)11(16-15)6-2-1-3-6/h4-6,11,16H,1-3,15H2. The molecule has 1 aromatic rings. The van der Waals surface area contributed by atoms with Crippen LogP contribution in [0.5, 0.6) is 0 Å². The number of hydrogen-bond acceptors (Lipinski definition) is 2. The molecule has 0 amide bonds. The van der Waals surface area contributed by atoms with Crippen LogP contribution < -0.4 is 11.3 Å². The van der Waals surface area contributed by atoms with Crippen molar-refractivity contribution >= 4 is 15.9 Å². The molecule has 5 heteroatoms. The van der Waals surface area contributed by atoms with Gasteiger partial charge < -0.3 is 0 Å². The van der Waals surface area contributed by atoms with E-state index in [0.717, 1.165) is 19.3 Å². The van der Waals surface area contributed by atoms with E-state index in [2.05, 4.69) is 21.4 Å². The number of hydrazine groups is 1. The maximum atomic E-state index is 13.8. The fourth-order valence-corrected chi connectivity index (χ4v) is 2.40. The topological polar surface area (TPSA) is 38.0 Å². The number of halogens is 3. The summed E-state index contributed by atoms with van der Waals surface area (Å²) in [6.45, 7) is 0. The van der Waals surface area contributed by atoms with Crippen LogP contribution in [0.25, 0.3) is 0 Å². The van der Waals surface area contributed by atoms with Crippen LogP contribution in [-0.4, -0.2) is 0 Å². The molecule has 3 N–H and O–H groups in total. The number of hydrogen-bond donors (Lipinski definition) is 2. The van der Waals surface area contributed by atoms with Crippen molar-refractivity contribution in [1.29, 1.82) is 0 Å². The predicted octanol–water partition coefficient (Wildman–Crippen LogP) is 3.03. The fraction of sp³-hybridized carbons (Fsp3) is 0.455. The van der Waals surface area contributed by atoms with E-state index < -0.39 is 17.7 Å². The molecule has 0 spiro atoms. The minimum Gasteiger partial charge on any atom is -0.271 e. The number of nitrogens with two attached hydrogens (primary N) is 1. The molecule has 0 bridgehead atoms. The van der Waals surface area contributed by atoms with Crippen molar-refractivity contribution in [1.82, 2.24) is 5.43 Å². The van der Waals surface area contributed by atoms with Gasteiger partial charge in [0.1, 0.15) is 11.6 Å². The smallest absolute Gasteiger partial charge is 0.145 e. The van der Waals surface area contributed by atoms with Crippen LogP contribution in [0.4, 0.5) is 8.78 Å². The van der Waals surface area contributed by atoms with E-state index in [1.165, 1.54) is 12.1 Å². The molecule has 16 heavy (non-hydrogen) atoms. The average molecular weight is 291 g/mol. The highest BCUT2D eigenvalue weighted by molar-refractivity contribution is 9.10. The van der Waals surface area contributed by atoms with Gasteiger partial charge in [-0.1, -0.05) is 6.42 Å². The molecule has 1 unspecified atom stereocenters. The summed E-state index contributed by atoms with van der Waals surface area (Å²) in [6.07, 6.45) is 3.01. The van der Waals surface area contributed by atoms with E-state index in [1.54, 1.807) is 0 Å². The molecule has 1 aromatic carbocycles. The summed E-state index contributed by atoms with van der Waals surface area (Å²) in [5.74, 6) is 4.52.